The van der Waals surface area contributed by atoms with Crippen LogP contribution in [0.3, 0.4) is 0 Å². The van der Waals surface area contributed by atoms with Crippen LogP contribution in [0.2, 0.25) is 0 Å². The zero-order chi connectivity index (χ0) is 15.3. The lowest BCUT2D eigenvalue weighted by atomic mass is 10.1. The summed E-state index contributed by atoms with van der Waals surface area (Å²) in [5.74, 6) is -1.74. The fourth-order valence-electron chi connectivity index (χ4n) is 2.07. The van der Waals surface area contributed by atoms with Crippen molar-refractivity contribution in [1.82, 2.24) is 4.57 Å². The van der Waals surface area contributed by atoms with E-state index < -0.39 is 11.9 Å². The van der Waals surface area contributed by atoms with Crippen LogP contribution in [0.25, 0.3) is 5.57 Å². The van der Waals surface area contributed by atoms with Crippen molar-refractivity contribution in [3.05, 3.63) is 43.2 Å². The third-order valence-electron chi connectivity index (χ3n) is 3.16. The van der Waals surface area contributed by atoms with Gasteiger partial charge in [0.05, 0.1) is 16.5 Å². The summed E-state index contributed by atoms with van der Waals surface area (Å²) in [5.41, 5.74) is 0.234. The molecule has 2 heterocycles. The average Bonchev–Trinajstić information content (AvgIpc) is 2.89. The highest BCUT2D eigenvalue weighted by molar-refractivity contribution is 7.73. The summed E-state index contributed by atoms with van der Waals surface area (Å²) in [6.45, 7) is 0. The number of carbonyl (C=O) groups excluding carboxylic acids is 1. The number of aromatic hydroxyl groups is 1. The van der Waals surface area contributed by atoms with Crippen molar-refractivity contribution in [2.45, 2.75) is 0 Å². The van der Waals surface area contributed by atoms with Crippen LogP contribution in [0.5, 0.6) is 5.88 Å². The van der Waals surface area contributed by atoms with Crippen molar-refractivity contribution < 1.29 is 19.8 Å². The van der Waals surface area contributed by atoms with Crippen LogP contribution >= 0.6 is 23.6 Å². The van der Waals surface area contributed by atoms with Crippen molar-refractivity contribution >= 4 is 41.0 Å². The van der Waals surface area contributed by atoms with Gasteiger partial charge in [-0.3, -0.25) is 9.36 Å². The molecule has 0 atom stereocenters. The molecule has 21 heavy (non-hydrogen) atoms. The predicted molar refractivity (Wildman–Crippen MR) is 77.5 cm³/mol. The van der Waals surface area contributed by atoms with Crippen LogP contribution in [0.1, 0.15) is 15.2 Å². The fraction of sp³-hybridized carbons (Fsp3) is 0.0769. The van der Waals surface area contributed by atoms with Gasteiger partial charge in [0, 0.05) is 12.3 Å². The Kier molecular flexibility index (Phi) is 2.99. The van der Waals surface area contributed by atoms with E-state index in [1.807, 2.05) is 0 Å². The van der Waals surface area contributed by atoms with Crippen LogP contribution in [0.15, 0.2) is 23.2 Å². The molecule has 6 nitrogen and oxygen atoms in total. The molecule has 0 unspecified atom stereocenters. The molecule has 2 N–H and O–H groups in total. The Morgan fingerprint density at radius 2 is 2.14 bits per heavy atom. The molecule has 0 fully saturated rings. The van der Waals surface area contributed by atoms with E-state index in [1.165, 1.54) is 22.8 Å². The molecule has 0 radical (unpaired) electrons. The number of benzene rings is 1. The maximum atomic E-state index is 12.1. The molecule has 1 aliphatic heterocycles. The van der Waals surface area contributed by atoms with E-state index in [4.69, 9.17) is 17.3 Å². The first-order valence-electron chi connectivity index (χ1n) is 5.80. The number of carboxylic acids is 1. The Bertz CT molecular complexity index is 985. The molecule has 1 aromatic heterocycles. The molecular weight excluding hydrogens is 312 g/mol. The molecule has 1 amide bonds. The fourth-order valence-corrected chi connectivity index (χ4v) is 3.33. The van der Waals surface area contributed by atoms with Gasteiger partial charge < -0.3 is 10.2 Å². The molecule has 0 bridgehead atoms. The van der Waals surface area contributed by atoms with Crippen LogP contribution in [-0.4, -0.2) is 26.7 Å². The van der Waals surface area contributed by atoms with Crippen LogP contribution in [0.4, 0.5) is 0 Å². The highest BCUT2D eigenvalue weighted by atomic mass is 32.1. The van der Waals surface area contributed by atoms with Crippen molar-refractivity contribution in [1.29, 1.82) is 0 Å². The summed E-state index contributed by atoms with van der Waals surface area (Å²) in [4.78, 5) is 27.3. The third-order valence-corrected chi connectivity index (χ3v) is 4.72. The molecule has 2 aromatic rings. The lowest BCUT2D eigenvalue weighted by molar-refractivity contribution is -0.112. The van der Waals surface area contributed by atoms with Crippen molar-refractivity contribution in [2.75, 3.05) is 0 Å². The number of amides is 1. The number of aromatic nitrogens is 1. The van der Waals surface area contributed by atoms with Gasteiger partial charge in [0.2, 0.25) is 5.88 Å². The van der Waals surface area contributed by atoms with Crippen molar-refractivity contribution in [2.24, 2.45) is 12.0 Å². The van der Waals surface area contributed by atoms with Gasteiger partial charge in [0.25, 0.3) is 5.91 Å². The van der Waals surface area contributed by atoms with Crippen molar-refractivity contribution in [3.63, 3.8) is 0 Å². The van der Waals surface area contributed by atoms with Gasteiger partial charge in [-0.25, -0.2) is 9.79 Å². The zero-order valence-electron chi connectivity index (χ0n) is 10.7. The quantitative estimate of drug-likeness (QED) is 0.790. The molecular formula is C13H8N2O4S2. The highest BCUT2D eigenvalue weighted by Crippen LogP contribution is 2.31. The molecule has 0 spiro atoms. The minimum absolute atomic E-state index is 0.0511. The Morgan fingerprint density at radius 3 is 2.71 bits per heavy atom. The van der Waals surface area contributed by atoms with E-state index in [1.54, 1.807) is 7.05 Å². The highest BCUT2D eigenvalue weighted by Gasteiger charge is 2.25. The summed E-state index contributed by atoms with van der Waals surface area (Å²) < 4.78 is 1.79. The first-order chi connectivity index (χ1) is 9.90. The van der Waals surface area contributed by atoms with Gasteiger partial charge in [-0.05, 0) is 30.4 Å². The van der Waals surface area contributed by atoms with Crippen molar-refractivity contribution in [3.8, 4) is 5.88 Å². The van der Waals surface area contributed by atoms with E-state index in [-0.39, 0.29) is 17.0 Å². The second kappa shape index (κ2) is 4.61. The molecule has 1 aliphatic rings. The Morgan fingerprint density at radius 1 is 1.43 bits per heavy atom. The summed E-state index contributed by atoms with van der Waals surface area (Å²) >= 11 is 6.16. The number of carboxylic acid groups (broad SMARTS) is 1. The van der Waals surface area contributed by atoms with Gasteiger partial charge in [0.15, 0.2) is 3.95 Å². The molecule has 106 valence electrons. The summed E-state index contributed by atoms with van der Waals surface area (Å²) in [6, 6.07) is 4.24. The molecule has 1 aromatic carbocycles. The van der Waals surface area contributed by atoms with Gasteiger partial charge in [-0.2, -0.15) is 0 Å². The maximum absolute atomic E-state index is 12.1. The van der Waals surface area contributed by atoms with Gasteiger partial charge in [-0.1, -0.05) is 0 Å². The van der Waals surface area contributed by atoms with Crippen LogP contribution < -0.4 is 10.6 Å². The summed E-state index contributed by atoms with van der Waals surface area (Å²) in [6.07, 6.45) is 0. The second-order valence-electron chi connectivity index (χ2n) is 4.41. The van der Waals surface area contributed by atoms with Crippen LogP contribution in [-0.2, 0) is 11.8 Å². The van der Waals surface area contributed by atoms with Gasteiger partial charge in [-0.15, -0.1) is 11.3 Å². The molecule has 0 saturated heterocycles. The number of hydrogen-bond acceptors (Lipinski definition) is 5. The predicted octanol–water partition coefficient (Wildman–Crippen LogP) is 0.579. The largest absolute Gasteiger partial charge is 0.493 e. The monoisotopic (exact) mass is 320 g/mol. The number of nitrogens with zero attached hydrogens (tertiary/aromatic N) is 2. The van der Waals surface area contributed by atoms with E-state index in [2.05, 4.69) is 4.99 Å². The first kappa shape index (κ1) is 13.7. The molecule has 8 heteroatoms. The lowest BCUT2D eigenvalue weighted by Crippen LogP contribution is -2.24. The van der Waals surface area contributed by atoms with E-state index in [9.17, 15) is 14.7 Å². The number of rotatable bonds is 2. The van der Waals surface area contributed by atoms with Crippen LogP contribution in [0, 0.1) is 3.95 Å². The SMILES string of the molecule is Cn1c(O)c(C2=c3cc(C(=O)O)ccc3=NC2=O)sc1=S. The third kappa shape index (κ3) is 1.99. The molecule has 0 aliphatic carbocycles. The number of thiazole rings is 1. The maximum Gasteiger partial charge on any atom is 0.335 e. The average molecular weight is 320 g/mol. The Hall–Kier alpha value is -2.32. The first-order valence-corrected chi connectivity index (χ1v) is 7.02. The smallest absolute Gasteiger partial charge is 0.335 e. The van der Waals surface area contributed by atoms with E-state index in [0.717, 1.165) is 11.3 Å². The molecule has 3 rings (SSSR count). The Labute approximate surface area is 126 Å². The number of hydrogen-bond donors (Lipinski definition) is 2. The minimum Gasteiger partial charge on any atom is -0.493 e. The van der Waals surface area contributed by atoms with E-state index in [0.29, 0.717) is 19.4 Å². The second-order valence-corrected chi connectivity index (χ2v) is 6.05. The van der Waals surface area contributed by atoms with Gasteiger partial charge in [0.1, 0.15) is 4.88 Å². The summed E-state index contributed by atoms with van der Waals surface area (Å²) in [5, 5.41) is 19.9. The normalized spacial score (nSPS) is 13.2. The van der Waals surface area contributed by atoms with E-state index >= 15 is 0 Å². The minimum atomic E-state index is -1.10. The summed E-state index contributed by atoms with van der Waals surface area (Å²) in [7, 11) is 1.59. The van der Waals surface area contributed by atoms with Gasteiger partial charge >= 0.3 is 5.97 Å². The lowest BCUT2D eigenvalue weighted by Gasteiger charge is -1.99. The zero-order valence-corrected chi connectivity index (χ0v) is 12.3. The number of fused-ring (bicyclic) bond motifs is 1. The number of carbonyl (C=O) groups is 2. The Balaban J connectivity index is 2.42. The standard InChI is InChI=1S/C13H8N2O4S2/c1-15-11(17)9(21-13(15)20)8-6-4-5(12(18)19)2-3-7(6)14-10(8)16/h2-4,17H,1H3,(H,18,19). The topological polar surface area (TPSA) is 91.9 Å². The molecule has 0 saturated carbocycles. The number of aromatic carboxylic acids is 1.